The fourth-order valence-corrected chi connectivity index (χ4v) is 4.07. The zero-order valence-electron chi connectivity index (χ0n) is 16.7. The van der Waals surface area contributed by atoms with E-state index in [9.17, 15) is 5.11 Å². The molecule has 1 aliphatic rings. The molecule has 4 N–H and O–H groups in total. The van der Waals surface area contributed by atoms with Crippen molar-refractivity contribution in [1.82, 2.24) is 20.1 Å². The van der Waals surface area contributed by atoms with Crippen molar-refractivity contribution in [1.29, 1.82) is 0 Å². The Morgan fingerprint density at radius 2 is 1.90 bits per heavy atom. The molecule has 0 bridgehead atoms. The van der Waals surface area contributed by atoms with Crippen LogP contribution in [0.5, 0.6) is 0 Å². The van der Waals surface area contributed by atoms with Crippen molar-refractivity contribution in [2.24, 2.45) is 0 Å². The molecule has 3 rings (SSSR count). The summed E-state index contributed by atoms with van der Waals surface area (Å²) in [5.41, 5.74) is 7.04. The normalized spacial score (nSPS) is 15.7. The number of H-pyrrole nitrogens is 1. The number of nitrogens with one attached hydrogen (secondary N) is 1. The maximum absolute atomic E-state index is 9.38. The van der Waals surface area contributed by atoms with E-state index in [1.807, 2.05) is 12.1 Å². The predicted octanol–water partition coefficient (Wildman–Crippen LogP) is 3.17. The van der Waals surface area contributed by atoms with Crippen LogP contribution in [0.3, 0.4) is 0 Å². The van der Waals surface area contributed by atoms with Gasteiger partial charge in [-0.15, -0.1) is 29.9 Å². The van der Waals surface area contributed by atoms with Crippen molar-refractivity contribution in [3.8, 4) is 0 Å². The Balaban J connectivity index is 0.00000210. The van der Waals surface area contributed by atoms with Crippen LogP contribution >= 0.6 is 36.4 Å². The van der Waals surface area contributed by atoms with Crippen molar-refractivity contribution in [2.45, 2.75) is 37.6 Å². The summed E-state index contributed by atoms with van der Waals surface area (Å²) in [5.74, 6) is 1.02. The summed E-state index contributed by atoms with van der Waals surface area (Å²) in [4.78, 5) is 8.90. The molecule has 1 fully saturated rings. The van der Waals surface area contributed by atoms with Crippen LogP contribution in [0.2, 0.25) is 5.02 Å². The van der Waals surface area contributed by atoms with Crippen molar-refractivity contribution < 1.29 is 5.11 Å². The number of benzene rings is 1. The number of aliphatic hydroxyl groups is 1. The van der Waals surface area contributed by atoms with Crippen molar-refractivity contribution in [3.05, 3.63) is 34.9 Å². The van der Waals surface area contributed by atoms with Crippen molar-refractivity contribution >= 4 is 48.3 Å². The fraction of sp³-hybridized carbons (Fsp3) is 0.579. The summed E-state index contributed by atoms with van der Waals surface area (Å²) in [6, 6.07) is 8.07. The lowest BCUT2D eigenvalue weighted by Crippen LogP contribution is -2.55. The molecule has 29 heavy (non-hydrogen) atoms. The second kappa shape index (κ2) is 11.8. The molecule has 0 atom stereocenters. The van der Waals surface area contributed by atoms with Gasteiger partial charge in [-0.1, -0.05) is 23.7 Å². The third kappa shape index (κ3) is 6.62. The topological polar surface area (TPSA) is 94.3 Å². The van der Waals surface area contributed by atoms with Gasteiger partial charge in [0.05, 0.1) is 0 Å². The monoisotopic (exact) mass is 464 g/mol. The van der Waals surface area contributed by atoms with E-state index in [1.54, 1.807) is 0 Å². The highest BCUT2D eigenvalue weighted by Crippen LogP contribution is 2.34. The first kappa shape index (κ1) is 25.8. The summed E-state index contributed by atoms with van der Waals surface area (Å²) in [6.45, 7) is 2.97. The third-order valence-corrected chi connectivity index (χ3v) is 5.98. The van der Waals surface area contributed by atoms with Gasteiger partial charge in [-0.25, -0.2) is 5.10 Å². The first-order valence-corrected chi connectivity index (χ1v) is 9.89. The number of nitrogens with zero attached hydrogens (tertiary/aromatic N) is 4. The maximum atomic E-state index is 9.38. The number of aromatic amines is 1. The molecule has 1 aromatic heterocycles. The molecule has 164 valence electrons. The summed E-state index contributed by atoms with van der Waals surface area (Å²) >= 11 is 5.98. The molecule has 0 saturated carbocycles. The molecule has 7 nitrogen and oxygen atoms in total. The number of aromatic nitrogens is 3. The standard InChI is InChI=1S/C19H29ClN6O.2ClH/c1-25(11-7-15-3-5-16(20)6-4-15)19(8-2-14-27)9-12-26(13-10-19)18-22-17(21)23-24-18;;/h3-6,27H,2,7-14H2,1H3,(H3,21,22,23,24);2*1H. The molecule has 0 aliphatic carbocycles. The minimum Gasteiger partial charge on any atom is -0.396 e. The van der Waals surface area contributed by atoms with Crippen LogP contribution in [0, 0.1) is 0 Å². The van der Waals surface area contributed by atoms with E-state index in [4.69, 9.17) is 17.3 Å². The first-order valence-electron chi connectivity index (χ1n) is 9.52. The number of nitrogen functional groups attached to an aromatic ring is 1. The van der Waals surface area contributed by atoms with Crippen LogP contribution in [0.1, 0.15) is 31.2 Å². The highest BCUT2D eigenvalue weighted by Gasteiger charge is 2.38. The molecule has 1 aromatic carbocycles. The van der Waals surface area contributed by atoms with E-state index >= 15 is 0 Å². The molecule has 2 aromatic rings. The average molecular weight is 466 g/mol. The fourth-order valence-electron chi connectivity index (χ4n) is 3.95. The number of piperidine rings is 1. The Morgan fingerprint density at radius 3 is 2.45 bits per heavy atom. The molecular weight excluding hydrogens is 435 g/mol. The third-order valence-electron chi connectivity index (χ3n) is 5.73. The van der Waals surface area contributed by atoms with Gasteiger partial charge in [-0.05, 0) is 56.8 Å². The van der Waals surface area contributed by atoms with E-state index in [1.165, 1.54) is 5.56 Å². The average Bonchev–Trinajstić information content (AvgIpc) is 3.12. The first-order chi connectivity index (χ1) is 13.0. The van der Waals surface area contributed by atoms with Crippen molar-refractivity contribution in [3.63, 3.8) is 0 Å². The van der Waals surface area contributed by atoms with Crippen LogP contribution in [0.4, 0.5) is 11.9 Å². The largest absolute Gasteiger partial charge is 0.396 e. The number of halogens is 3. The van der Waals surface area contributed by atoms with Gasteiger partial charge in [0.1, 0.15) is 0 Å². The van der Waals surface area contributed by atoms with Crippen LogP contribution in [-0.4, -0.2) is 64.0 Å². The molecule has 10 heteroatoms. The van der Waals surface area contributed by atoms with Gasteiger partial charge in [0.25, 0.3) is 0 Å². The molecule has 2 heterocycles. The van der Waals surface area contributed by atoms with E-state index < -0.39 is 0 Å². The van der Waals surface area contributed by atoms with Gasteiger partial charge in [0, 0.05) is 36.8 Å². The smallest absolute Gasteiger partial charge is 0.246 e. The Hall–Kier alpha value is -1.25. The van der Waals surface area contributed by atoms with Crippen LogP contribution < -0.4 is 10.6 Å². The summed E-state index contributed by atoms with van der Waals surface area (Å²) in [7, 11) is 2.20. The van der Waals surface area contributed by atoms with E-state index in [0.29, 0.717) is 11.9 Å². The minimum absolute atomic E-state index is 0. The van der Waals surface area contributed by atoms with Gasteiger partial charge < -0.3 is 20.6 Å². The molecule has 1 aliphatic heterocycles. The Bertz CT molecular complexity index is 719. The molecule has 0 unspecified atom stereocenters. The number of hydrogen-bond donors (Lipinski definition) is 3. The summed E-state index contributed by atoms with van der Waals surface area (Å²) < 4.78 is 0. The van der Waals surface area contributed by atoms with Crippen LogP contribution in [0.15, 0.2) is 24.3 Å². The van der Waals surface area contributed by atoms with Crippen molar-refractivity contribution in [2.75, 3.05) is 43.9 Å². The van der Waals surface area contributed by atoms with Gasteiger partial charge in [0.15, 0.2) is 0 Å². The summed E-state index contributed by atoms with van der Waals surface area (Å²) in [6.07, 6.45) is 4.82. The quantitative estimate of drug-likeness (QED) is 0.554. The van der Waals surface area contributed by atoms with Crippen LogP contribution in [-0.2, 0) is 6.42 Å². The van der Waals surface area contributed by atoms with E-state index in [2.05, 4.69) is 44.2 Å². The Morgan fingerprint density at radius 1 is 1.24 bits per heavy atom. The lowest BCUT2D eigenvalue weighted by molar-refractivity contribution is 0.0721. The maximum Gasteiger partial charge on any atom is 0.246 e. The van der Waals surface area contributed by atoms with Gasteiger partial charge in [0.2, 0.25) is 11.9 Å². The van der Waals surface area contributed by atoms with Gasteiger partial charge in [-0.3, -0.25) is 0 Å². The zero-order chi connectivity index (χ0) is 19.3. The van der Waals surface area contributed by atoms with Gasteiger partial charge >= 0.3 is 0 Å². The number of hydrogen-bond acceptors (Lipinski definition) is 6. The number of rotatable bonds is 8. The SMILES string of the molecule is CN(CCc1ccc(Cl)cc1)C1(CCCO)CCN(c2n[nH]c(N)n2)CC1.Cl.Cl. The predicted molar refractivity (Wildman–Crippen MR) is 124 cm³/mol. The Kier molecular flexibility index (Phi) is 10.5. The van der Waals surface area contributed by atoms with E-state index in [0.717, 1.165) is 56.8 Å². The Labute approximate surface area is 189 Å². The molecule has 0 spiro atoms. The number of aliphatic hydroxyl groups excluding tert-OH is 1. The minimum atomic E-state index is 0. The van der Waals surface area contributed by atoms with Gasteiger partial charge in [-0.2, -0.15) is 4.98 Å². The second-order valence-corrected chi connectivity index (χ2v) is 7.79. The highest BCUT2D eigenvalue weighted by molar-refractivity contribution is 6.30. The van der Waals surface area contributed by atoms with Crippen LogP contribution in [0.25, 0.3) is 0 Å². The lowest BCUT2D eigenvalue weighted by Gasteiger charge is -2.47. The number of nitrogens with two attached hydrogens (primary N) is 1. The highest BCUT2D eigenvalue weighted by atomic mass is 35.5. The van der Waals surface area contributed by atoms with E-state index in [-0.39, 0.29) is 37.0 Å². The molecule has 0 radical (unpaired) electrons. The lowest BCUT2D eigenvalue weighted by atomic mass is 9.81. The zero-order valence-corrected chi connectivity index (χ0v) is 19.1. The summed E-state index contributed by atoms with van der Waals surface area (Å²) in [5, 5.41) is 17.0. The molecular formula is C19H31Cl3N6O. The number of likely N-dealkylation sites (N-methyl/N-ethyl adjacent to an activating group) is 1. The molecule has 1 saturated heterocycles. The second-order valence-electron chi connectivity index (χ2n) is 7.36. The molecule has 0 amide bonds. The number of anilines is 2.